The van der Waals surface area contributed by atoms with Gasteiger partial charge in [-0.3, -0.25) is 14.5 Å². The molecule has 1 fully saturated rings. The molecule has 2 atom stereocenters. The highest BCUT2D eigenvalue weighted by molar-refractivity contribution is 5.84. The lowest BCUT2D eigenvalue weighted by Gasteiger charge is -2.38. The second-order valence-corrected chi connectivity index (χ2v) is 6.14. The standard InChI is InChI=1S/C16H27N3O5/c1-12-6-4-7-13(2)19(12)11-14(21)17-10-16(23)24-18(3)15(22)8-5-9-20/h9,12-13H,4-8,10-11H2,1-3H3,(H,17,21). The molecule has 1 N–H and O–H groups in total. The van der Waals surface area contributed by atoms with Gasteiger partial charge in [-0.1, -0.05) is 6.42 Å². The Morgan fingerprint density at radius 1 is 1.25 bits per heavy atom. The first kappa shape index (κ1) is 20.1. The number of amides is 2. The first-order chi connectivity index (χ1) is 11.3. The van der Waals surface area contributed by atoms with Gasteiger partial charge in [-0.2, -0.15) is 5.06 Å². The Balaban J connectivity index is 2.31. The Labute approximate surface area is 142 Å². The minimum Gasteiger partial charge on any atom is -0.344 e. The molecule has 8 heteroatoms. The average Bonchev–Trinajstić information content (AvgIpc) is 2.54. The van der Waals surface area contributed by atoms with E-state index < -0.39 is 11.9 Å². The van der Waals surface area contributed by atoms with Crippen molar-refractivity contribution >= 4 is 24.1 Å². The highest BCUT2D eigenvalue weighted by atomic mass is 16.7. The lowest BCUT2D eigenvalue weighted by atomic mass is 9.97. The molecule has 2 amide bonds. The molecule has 1 heterocycles. The zero-order chi connectivity index (χ0) is 18.1. The van der Waals surface area contributed by atoms with Gasteiger partial charge in [-0.25, -0.2) is 4.79 Å². The van der Waals surface area contributed by atoms with Gasteiger partial charge < -0.3 is 14.9 Å². The summed E-state index contributed by atoms with van der Waals surface area (Å²) in [4.78, 5) is 52.3. The van der Waals surface area contributed by atoms with Crippen LogP contribution in [-0.2, 0) is 24.0 Å². The quantitative estimate of drug-likeness (QED) is 0.527. The number of nitrogens with zero attached hydrogens (tertiary/aromatic N) is 2. The number of nitrogens with one attached hydrogen (secondary N) is 1. The fourth-order valence-electron chi connectivity index (χ4n) is 2.75. The van der Waals surface area contributed by atoms with Gasteiger partial charge in [0, 0.05) is 32.0 Å². The maximum atomic E-state index is 12.0. The Morgan fingerprint density at radius 3 is 2.46 bits per heavy atom. The lowest BCUT2D eigenvalue weighted by molar-refractivity contribution is -0.192. The van der Waals surface area contributed by atoms with Crippen LogP contribution in [0.3, 0.4) is 0 Å². The van der Waals surface area contributed by atoms with Crippen molar-refractivity contribution in [2.75, 3.05) is 20.1 Å². The van der Waals surface area contributed by atoms with Gasteiger partial charge in [0.25, 0.3) is 5.91 Å². The summed E-state index contributed by atoms with van der Waals surface area (Å²) in [7, 11) is 1.30. The van der Waals surface area contributed by atoms with Crippen LogP contribution in [0.1, 0.15) is 46.0 Å². The molecular weight excluding hydrogens is 314 g/mol. The predicted octanol–water partition coefficient (Wildman–Crippen LogP) is 0.261. The summed E-state index contributed by atoms with van der Waals surface area (Å²) in [6.07, 6.45) is 3.96. The topological polar surface area (TPSA) is 96.0 Å². The van der Waals surface area contributed by atoms with Gasteiger partial charge in [-0.15, -0.1) is 0 Å². The normalized spacial score (nSPS) is 21.0. The molecule has 1 aliphatic rings. The van der Waals surface area contributed by atoms with E-state index in [1.54, 1.807) is 0 Å². The second-order valence-electron chi connectivity index (χ2n) is 6.14. The molecule has 0 aliphatic carbocycles. The van der Waals surface area contributed by atoms with Crippen molar-refractivity contribution in [1.29, 1.82) is 0 Å². The van der Waals surface area contributed by atoms with Gasteiger partial charge in [0.1, 0.15) is 12.8 Å². The Morgan fingerprint density at radius 2 is 1.88 bits per heavy atom. The van der Waals surface area contributed by atoms with Crippen LogP contribution < -0.4 is 5.32 Å². The number of piperidine rings is 1. The highest BCUT2D eigenvalue weighted by Gasteiger charge is 2.26. The van der Waals surface area contributed by atoms with E-state index in [4.69, 9.17) is 4.84 Å². The van der Waals surface area contributed by atoms with Crippen molar-refractivity contribution in [3.8, 4) is 0 Å². The molecule has 136 valence electrons. The predicted molar refractivity (Wildman–Crippen MR) is 86.7 cm³/mol. The molecule has 24 heavy (non-hydrogen) atoms. The Kier molecular flexibility index (Phi) is 8.39. The molecular formula is C16H27N3O5. The summed E-state index contributed by atoms with van der Waals surface area (Å²) >= 11 is 0. The largest absolute Gasteiger partial charge is 0.351 e. The molecule has 0 bridgehead atoms. The van der Waals surface area contributed by atoms with Gasteiger partial charge in [0.15, 0.2) is 0 Å². The molecule has 8 nitrogen and oxygen atoms in total. The summed E-state index contributed by atoms with van der Waals surface area (Å²) in [5, 5.41) is 3.29. The van der Waals surface area contributed by atoms with E-state index in [2.05, 4.69) is 24.1 Å². The summed E-state index contributed by atoms with van der Waals surface area (Å²) in [6.45, 7) is 4.12. The number of hydrogen-bond acceptors (Lipinski definition) is 6. The maximum absolute atomic E-state index is 12.0. The van der Waals surface area contributed by atoms with Crippen LogP contribution in [0.4, 0.5) is 0 Å². The van der Waals surface area contributed by atoms with Crippen molar-refractivity contribution in [3.05, 3.63) is 0 Å². The zero-order valence-electron chi connectivity index (χ0n) is 14.6. The van der Waals surface area contributed by atoms with Crippen LogP contribution >= 0.6 is 0 Å². The minimum atomic E-state index is -0.731. The molecule has 0 saturated carbocycles. The second kappa shape index (κ2) is 10.0. The molecule has 0 aromatic heterocycles. The smallest absolute Gasteiger partial charge is 0.344 e. The van der Waals surface area contributed by atoms with Gasteiger partial charge >= 0.3 is 5.97 Å². The van der Waals surface area contributed by atoms with E-state index in [1.165, 1.54) is 7.05 Å². The SMILES string of the molecule is CC1CCCC(C)N1CC(=O)NCC(=O)ON(C)C(=O)CCC=O. The van der Waals surface area contributed by atoms with E-state index in [-0.39, 0.29) is 31.8 Å². The van der Waals surface area contributed by atoms with Gasteiger partial charge in [0.2, 0.25) is 5.91 Å². The fourth-order valence-corrected chi connectivity index (χ4v) is 2.75. The van der Waals surface area contributed by atoms with E-state index in [9.17, 15) is 19.2 Å². The average molecular weight is 341 g/mol. The van der Waals surface area contributed by atoms with Crippen molar-refractivity contribution in [2.45, 2.75) is 58.0 Å². The molecule has 0 aromatic carbocycles. The number of hydroxylamine groups is 2. The summed E-state index contributed by atoms with van der Waals surface area (Å²) < 4.78 is 0. The highest BCUT2D eigenvalue weighted by Crippen LogP contribution is 2.21. The number of hydrogen-bond donors (Lipinski definition) is 1. The molecule has 1 aliphatic heterocycles. The first-order valence-corrected chi connectivity index (χ1v) is 8.28. The van der Waals surface area contributed by atoms with Crippen LogP contribution in [0.15, 0.2) is 0 Å². The summed E-state index contributed by atoms with van der Waals surface area (Å²) in [6, 6.07) is 0.682. The molecule has 0 radical (unpaired) electrons. The minimum absolute atomic E-state index is 0.0234. The molecule has 1 rings (SSSR count). The maximum Gasteiger partial charge on any atom is 0.351 e. The van der Waals surface area contributed by atoms with Crippen molar-refractivity contribution in [1.82, 2.24) is 15.3 Å². The van der Waals surface area contributed by atoms with Crippen LogP contribution in [0, 0.1) is 0 Å². The third-order valence-corrected chi connectivity index (χ3v) is 4.20. The third kappa shape index (κ3) is 6.66. The van der Waals surface area contributed by atoms with Crippen molar-refractivity contribution < 1.29 is 24.0 Å². The van der Waals surface area contributed by atoms with Gasteiger partial charge in [-0.05, 0) is 26.7 Å². The van der Waals surface area contributed by atoms with Crippen LogP contribution in [0.5, 0.6) is 0 Å². The number of carbonyl (C=O) groups excluding carboxylic acids is 4. The van der Waals surface area contributed by atoms with Crippen LogP contribution in [-0.4, -0.2) is 66.3 Å². The molecule has 0 aromatic rings. The van der Waals surface area contributed by atoms with E-state index in [0.717, 1.165) is 24.3 Å². The van der Waals surface area contributed by atoms with Crippen LogP contribution in [0.25, 0.3) is 0 Å². The van der Waals surface area contributed by atoms with E-state index >= 15 is 0 Å². The van der Waals surface area contributed by atoms with E-state index in [0.29, 0.717) is 18.4 Å². The van der Waals surface area contributed by atoms with Crippen LogP contribution in [0.2, 0.25) is 0 Å². The number of rotatable bonds is 7. The Bertz CT molecular complexity index is 459. The molecule has 0 spiro atoms. The Hall–Kier alpha value is -1.96. The van der Waals surface area contributed by atoms with Crippen molar-refractivity contribution in [3.63, 3.8) is 0 Å². The molecule has 1 saturated heterocycles. The monoisotopic (exact) mass is 341 g/mol. The lowest BCUT2D eigenvalue weighted by Crippen LogP contribution is -2.49. The first-order valence-electron chi connectivity index (χ1n) is 8.28. The number of carbonyl (C=O) groups is 4. The third-order valence-electron chi connectivity index (χ3n) is 4.20. The van der Waals surface area contributed by atoms with E-state index in [1.807, 2.05) is 0 Å². The van der Waals surface area contributed by atoms with Gasteiger partial charge in [0.05, 0.1) is 6.54 Å². The summed E-state index contributed by atoms with van der Waals surface area (Å²) in [5.41, 5.74) is 0. The fraction of sp³-hybridized carbons (Fsp3) is 0.750. The van der Waals surface area contributed by atoms with Crippen molar-refractivity contribution in [2.24, 2.45) is 0 Å². The number of aldehydes is 1. The summed E-state index contributed by atoms with van der Waals surface area (Å²) in [5.74, 6) is -1.45. The zero-order valence-corrected chi connectivity index (χ0v) is 14.6. The number of likely N-dealkylation sites (tertiary alicyclic amines) is 1. The molecule has 2 unspecified atom stereocenters.